The number of alkyl halides is 2. The summed E-state index contributed by atoms with van der Waals surface area (Å²) in [6.45, 7) is 1.32. The first kappa shape index (κ1) is 12.0. The maximum atomic E-state index is 12.8. The summed E-state index contributed by atoms with van der Waals surface area (Å²) < 4.78 is 29.9. The topological polar surface area (TPSA) is 63.0 Å². The Morgan fingerprint density at radius 2 is 2.25 bits per heavy atom. The van der Waals surface area contributed by atoms with Gasteiger partial charge in [-0.05, 0) is 12.5 Å². The summed E-state index contributed by atoms with van der Waals surface area (Å²) >= 11 is 0. The average Bonchev–Trinajstić information content (AvgIpc) is 2.26. The molecule has 84 valence electrons. The van der Waals surface area contributed by atoms with E-state index in [2.05, 4.69) is 9.72 Å². The van der Waals surface area contributed by atoms with Gasteiger partial charge in [-0.25, -0.2) is 18.6 Å². The number of ether oxygens (including phenoxy) is 1. The van der Waals surface area contributed by atoms with E-state index in [9.17, 15) is 13.6 Å². The molecular formula is C10H8F2N2O2. The van der Waals surface area contributed by atoms with Crippen molar-refractivity contribution < 1.29 is 18.3 Å². The first-order valence-corrected chi connectivity index (χ1v) is 4.29. The maximum absolute atomic E-state index is 12.8. The Morgan fingerprint density at radius 1 is 1.62 bits per heavy atom. The maximum Gasteiger partial charge on any atom is 0.339 e. The summed E-state index contributed by atoms with van der Waals surface area (Å²) in [7, 11) is 1.09. The van der Waals surface area contributed by atoms with Crippen molar-refractivity contribution in [3.63, 3.8) is 0 Å². The van der Waals surface area contributed by atoms with E-state index in [-0.39, 0.29) is 16.8 Å². The molecule has 0 aromatic carbocycles. The summed E-state index contributed by atoms with van der Waals surface area (Å²) in [6, 6.07) is 1.68. The number of nitrogens with zero attached hydrogens (tertiary/aromatic N) is 2. The second-order valence-electron chi connectivity index (χ2n) is 2.96. The second kappa shape index (κ2) is 4.66. The number of aromatic nitrogens is 1. The summed E-state index contributed by atoms with van der Waals surface area (Å²) in [5.41, 5.74) is -0.934. The van der Waals surface area contributed by atoms with Gasteiger partial charge in [0.25, 0.3) is 6.43 Å². The Bertz CT molecular complexity index is 467. The fraction of sp³-hybridized carbons (Fsp3) is 0.300. The summed E-state index contributed by atoms with van der Waals surface area (Å²) in [5.74, 6) is -0.893. The molecule has 0 amide bonds. The summed E-state index contributed by atoms with van der Waals surface area (Å²) in [4.78, 5) is 14.8. The molecule has 6 heteroatoms. The fourth-order valence-corrected chi connectivity index (χ4v) is 1.29. The Hall–Kier alpha value is -2.03. The number of hydrogen-bond donors (Lipinski definition) is 0. The molecule has 0 N–H and O–H groups in total. The number of carbonyl (C=O) groups excluding carboxylic acids is 1. The summed E-state index contributed by atoms with van der Waals surface area (Å²) in [6.07, 6.45) is -1.93. The Labute approximate surface area is 90.5 Å². The van der Waals surface area contributed by atoms with Crippen molar-refractivity contribution >= 4 is 5.97 Å². The van der Waals surface area contributed by atoms with Crippen LogP contribution in [-0.4, -0.2) is 18.1 Å². The monoisotopic (exact) mass is 226 g/mol. The molecule has 1 rings (SSSR count). The minimum Gasteiger partial charge on any atom is -0.465 e. The fourth-order valence-electron chi connectivity index (χ4n) is 1.29. The van der Waals surface area contributed by atoms with E-state index in [1.807, 2.05) is 0 Å². The van der Waals surface area contributed by atoms with Gasteiger partial charge in [-0.1, -0.05) is 0 Å². The van der Waals surface area contributed by atoms with E-state index in [1.54, 1.807) is 6.07 Å². The number of methoxy groups -OCH3 is 1. The minimum atomic E-state index is -2.86. The molecule has 0 unspecified atom stereocenters. The molecular weight excluding hydrogens is 218 g/mol. The lowest BCUT2D eigenvalue weighted by Gasteiger charge is -2.10. The molecule has 1 aromatic heterocycles. The Kier molecular flexibility index (Phi) is 3.51. The van der Waals surface area contributed by atoms with Gasteiger partial charge in [-0.3, -0.25) is 0 Å². The molecule has 0 saturated heterocycles. The lowest BCUT2D eigenvalue weighted by atomic mass is 10.0. The van der Waals surface area contributed by atoms with Gasteiger partial charge < -0.3 is 4.74 Å². The number of pyridine rings is 1. The normalized spacial score (nSPS) is 10.0. The molecule has 0 radical (unpaired) electrons. The van der Waals surface area contributed by atoms with Crippen LogP contribution in [0.15, 0.2) is 6.20 Å². The smallest absolute Gasteiger partial charge is 0.339 e. The first-order valence-electron chi connectivity index (χ1n) is 4.29. The van der Waals surface area contributed by atoms with Crippen LogP contribution in [0.1, 0.15) is 33.6 Å². The third-order valence-electron chi connectivity index (χ3n) is 2.10. The predicted molar refractivity (Wildman–Crippen MR) is 50.0 cm³/mol. The molecule has 0 bridgehead atoms. The van der Waals surface area contributed by atoms with E-state index in [0.717, 1.165) is 13.3 Å². The van der Waals surface area contributed by atoms with Crippen LogP contribution in [0, 0.1) is 18.3 Å². The van der Waals surface area contributed by atoms with Gasteiger partial charge in [0.1, 0.15) is 11.8 Å². The standard InChI is InChI=1S/C10H8F2N2O2/c1-5-7(3-13)14-4-6(10(15)16-2)8(5)9(11)12/h4,9H,1-2H3. The zero-order chi connectivity index (χ0) is 12.3. The Balaban J connectivity index is 3.48. The van der Waals surface area contributed by atoms with Crippen LogP contribution in [0.2, 0.25) is 0 Å². The number of halogens is 2. The SMILES string of the molecule is COC(=O)c1cnc(C#N)c(C)c1C(F)F. The number of carbonyl (C=O) groups is 1. The molecule has 0 fully saturated rings. The number of rotatable bonds is 2. The molecule has 0 aliphatic rings. The number of nitriles is 1. The molecule has 1 heterocycles. The second-order valence-corrected chi connectivity index (χ2v) is 2.96. The lowest BCUT2D eigenvalue weighted by Crippen LogP contribution is -2.10. The third-order valence-corrected chi connectivity index (χ3v) is 2.10. The van der Waals surface area contributed by atoms with Gasteiger partial charge in [0.2, 0.25) is 0 Å². The van der Waals surface area contributed by atoms with Crippen molar-refractivity contribution in [2.75, 3.05) is 7.11 Å². The van der Waals surface area contributed by atoms with Crippen LogP contribution < -0.4 is 0 Å². The van der Waals surface area contributed by atoms with E-state index in [4.69, 9.17) is 5.26 Å². The third kappa shape index (κ3) is 1.98. The molecule has 16 heavy (non-hydrogen) atoms. The zero-order valence-corrected chi connectivity index (χ0v) is 8.62. The molecule has 4 nitrogen and oxygen atoms in total. The van der Waals surface area contributed by atoms with Crippen molar-refractivity contribution in [3.05, 3.63) is 28.6 Å². The van der Waals surface area contributed by atoms with Crippen LogP contribution in [0.3, 0.4) is 0 Å². The van der Waals surface area contributed by atoms with Crippen LogP contribution in [0.25, 0.3) is 0 Å². The van der Waals surface area contributed by atoms with Gasteiger partial charge >= 0.3 is 5.97 Å². The zero-order valence-electron chi connectivity index (χ0n) is 8.62. The van der Waals surface area contributed by atoms with Gasteiger partial charge in [0.05, 0.1) is 12.7 Å². The lowest BCUT2D eigenvalue weighted by molar-refractivity contribution is 0.0588. The highest BCUT2D eigenvalue weighted by molar-refractivity contribution is 5.91. The largest absolute Gasteiger partial charge is 0.465 e. The van der Waals surface area contributed by atoms with E-state index >= 15 is 0 Å². The predicted octanol–water partition coefficient (Wildman–Crippen LogP) is 1.99. The van der Waals surface area contributed by atoms with Crippen LogP contribution >= 0.6 is 0 Å². The quantitative estimate of drug-likeness (QED) is 0.723. The van der Waals surface area contributed by atoms with Crippen molar-refractivity contribution in [1.82, 2.24) is 4.98 Å². The van der Waals surface area contributed by atoms with Crippen LogP contribution in [0.5, 0.6) is 0 Å². The minimum absolute atomic E-state index is 0.000370. The van der Waals surface area contributed by atoms with Crippen LogP contribution in [-0.2, 0) is 4.74 Å². The van der Waals surface area contributed by atoms with E-state index in [1.165, 1.54) is 6.92 Å². The van der Waals surface area contributed by atoms with Gasteiger partial charge in [-0.2, -0.15) is 5.26 Å². The van der Waals surface area contributed by atoms with Crippen molar-refractivity contribution in [2.45, 2.75) is 13.3 Å². The van der Waals surface area contributed by atoms with Gasteiger partial charge in [0.15, 0.2) is 0 Å². The number of hydrogen-bond acceptors (Lipinski definition) is 4. The highest BCUT2D eigenvalue weighted by atomic mass is 19.3. The highest BCUT2D eigenvalue weighted by Crippen LogP contribution is 2.27. The molecule has 0 saturated carbocycles. The van der Waals surface area contributed by atoms with E-state index in [0.29, 0.717) is 0 Å². The van der Waals surface area contributed by atoms with E-state index < -0.39 is 18.0 Å². The Morgan fingerprint density at radius 3 is 2.69 bits per heavy atom. The molecule has 0 aliphatic carbocycles. The highest BCUT2D eigenvalue weighted by Gasteiger charge is 2.23. The van der Waals surface area contributed by atoms with Crippen molar-refractivity contribution in [1.29, 1.82) is 5.26 Å². The molecule has 1 aromatic rings. The van der Waals surface area contributed by atoms with Crippen LogP contribution in [0.4, 0.5) is 8.78 Å². The first-order chi connectivity index (χ1) is 7.52. The molecule has 0 aliphatic heterocycles. The average molecular weight is 226 g/mol. The summed E-state index contributed by atoms with van der Waals surface area (Å²) in [5, 5.41) is 8.64. The van der Waals surface area contributed by atoms with Crippen molar-refractivity contribution in [3.8, 4) is 6.07 Å². The molecule has 0 spiro atoms. The van der Waals surface area contributed by atoms with Gasteiger partial charge in [0, 0.05) is 11.8 Å². The molecule has 0 atom stereocenters. The van der Waals surface area contributed by atoms with Gasteiger partial charge in [-0.15, -0.1) is 0 Å². The number of esters is 1. The van der Waals surface area contributed by atoms with Crippen molar-refractivity contribution in [2.24, 2.45) is 0 Å².